The van der Waals surface area contributed by atoms with Crippen molar-refractivity contribution in [3.05, 3.63) is 10.4 Å². The molecule has 0 aliphatic carbocycles. The molecule has 0 aromatic heterocycles. The average molecular weight is 157 g/mol. The molecule has 0 bridgehead atoms. The molecule has 0 aromatic carbocycles. The van der Waals surface area contributed by atoms with E-state index in [0.29, 0.717) is 19.8 Å². The molecule has 0 unspecified atom stereocenters. The Hall–Kier alpha value is -0.770. The van der Waals surface area contributed by atoms with Gasteiger partial charge in [0.2, 0.25) is 0 Å². The van der Waals surface area contributed by atoms with Gasteiger partial charge in [-0.2, -0.15) is 0 Å². The van der Waals surface area contributed by atoms with E-state index in [0.717, 1.165) is 0 Å². The fourth-order valence-electron chi connectivity index (χ4n) is 0.872. The van der Waals surface area contributed by atoms with Crippen LogP contribution in [0.3, 0.4) is 0 Å². The topological polar surface area (TPSA) is 67.2 Å². The van der Waals surface area contributed by atoms with Gasteiger partial charge in [0.1, 0.15) is 0 Å². The molecule has 1 aliphatic heterocycles. The van der Waals surface area contributed by atoms with Crippen LogP contribution in [-0.4, -0.2) is 32.0 Å². The fourth-order valence-corrected chi connectivity index (χ4v) is 0.872. The molecule has 5 heteroatoms. The minimum Gasteiger partial charge on any atom is -0.373 e. The lowest BCUT2D eigenvalue weighted by molar-refractivity contribution is -0.122. The molecule has 2 atom stereocenters. The van der Waals surface area contributed by atoms with E-state index in [1.807, 2.05) is 6.92 Å². The Balaban J connectivity index is 2.22. The van der Waals surface area contributed by atoms with Crippen LogP contribution in [0.5, 0.6) is 0 Å². The molecule has 1 heterocycles. The minimum absolute atomic E-state index is 0.0536. The van der Waals surface area contributed by atoms with Gasteiger partial charge in [-0.15, -0.1) is 0 Å². The van der Waals surface area contributed by atoms with E-state index in [1.54, 1.807) is 0 Å². The second-order valence-corrected chi connectivity index (χ2v) is 2.51. The molecule has 1 saturated heterocycles. The van der Waals surface area contributed by atoms with Crippen LogP contribution in [-0.2, 0) is 9.47 Å². The molecule has 0 aromatic rings. The Morgan fingerprint density at radius 2 is 2.36 bits per heavy atom. The van der Waals surface area contributed by atoms with Gasteiger partial charge in [0.05, 0.1) is 32.0 Å². The Labute approximate surface area is 64.9 Å². The van der Waals surface area contributed by atoms with Crippen molar-refractivity contribution in [2.24, 2.45) is 5.11 Å². The number of rotatable bonds is 2. The normalized spacial score (nSPS) is 31.0. The molecule has 62 valence electrons. The highest BCUT2D eigenvalue weighted by molar-refractivity contribution is 4.67. The highest BCUT2D eigenvalue weighted by Crippen LogP contribution is 2.06. The molecule has 11 heavy (non-hydrogen) atoms. The predicted octanol–water partition coefficient (Wildman–Crippen LogP) is 1.10. The van der Waals surface area contributed by atoms with Gasteiger partial charge in [-0.1, -0.05) is 5.11 Å². The van der Waals surface area contributed by atoms with Crippen LogP contribution < -0.4 is 0 Å². The van der Waals surface area contributed by atoms with Crippen molar-refractivity contribution >= 4 is 0 Å². The lowest BCUT2D eigenvalue weighted by Crippen LogP contribution is -2.35. The minimum atomic E-state index is -0.0536. The average Bonchev–Trinajstić information content (AvgIpc) is 2.04. The van der Waals surface area contributed by atoms with E-state index in [-0.39, 0.29) is 12.2 Å². The maximum absolute atomic E-state index is 8.01. The summed E-state index contributed by atoms with van der Waals surface area (Å²) >= 11 is 0. The van der Waals surface area contributed by atoms with Crippen molar-refractivity contribution in [3.63, 3.8) is 0 Å². The lowest BCUT2D eigenvalue weighted by atomic mass is 10.3. The maximum atomic E-state index is 8.01. The zero-order chi connectivity index (χ0) is 8.10. The Kier molecular flexibility index (Phi) is 3.16. The first-order valence-electron chi connectivity index (χ1n) is 3.57. The summed E-state index contributed by atoms with van der Waals surface area (Å²) in [5.74, 6) is 0. The van der Waals surface area contributed by atoms with Gasteiger partial charge >= 0.3 is 0 Å². The number of ether oxygens (including phenoxy) is 2. The molecule has 0 spiro atoms. The third-order valence-electron chi connectivity index (χ3n) is 1.48. The fraction of sp³-hybridized carbons (Fsp3) is 1.00. The number of hydrogen-bond donors (Lipinski definition) is 0. The van der Waals surface area contributed by atoms with E-state index < -0.39 is 0 Å². The van der Waals surface area contributed by atoms with E-state index >= 15 is 0 Å². The SMILES string of the molecule is C[C@H]1CO[C@@H](CN=[N+]=[N-])CO1. The van der Waals surface area contributed by atoms with Crippen LogP contribution in [0, 0.1) is 0 Å². The van der Waals surface area contributed by atoms with Crippen molar-refractivity contribution in [2.75, 3.05) is 19.8 Å². The van der Waals surface area contributed by atoms with Crippen LogP contribution in [0.25, 0.3) is 10.4 Å². The molecule has 5 nitrogen and oxygen atoms in total. The smallest absolute Gasteiger partial charge is 0.0866 e. The summed E-state index contributed by atoms with van der Waals surface area (Å²) in [4.78, 5) is 2.64. The highest BCUT2D eigenvalue weighted by Gasteiger charge is 2.17. The first kappa shape index (κ1) is 8.33. The molecule has 0 amide bonds. The van der Waals surface area contributed by atoms with E-state index in [2.05, 4.69) is 10.0 Å². The molecule has 1 aliphatic rings. The molecule has 0 N–H and O–H groups in total. The van der Waals surface area contributed by atoms with Crippen molar-refractivity contribution in [3.8, 4) is 0 Å². The highest BCUT2D eigenvalue weighted by atomic mass is 16.6. The number of azide groups is 1. The van der Waals surface area contributed by atoms with Gasteiger partial charge < -0.3 is 9.47 Å². The van der Waals surface area contributed by atoms with Crippen LogP contribution in [0.1, 0.15) is 6.92 Å². The summed E-state index contributed by atoms with van der Waals surface area (Å²) in [6, 6.07) is 0. The summed E-state index contributed by atoms with van der Waals surface area (Å²) in [5.41, 5.74) is 8.01. The van der Waals surface area contributed by atoms with Crippen molar-refractivity contribution < 1.29 is 9.47 Å². The summed E-state index contributed by atoms with van der Waals surface area (Å²) in [6.07, 6.45) is 0.111. The molecule has 0 saturated carbocycles. The Morgan fingerprint density at radius 3 is 2.91 bits per heavy atom. The van der Waals surface area contributed by atoms with Crippen LogP contribution in [0.2, 0.25) is 0 Å². The van der Waals surface area contributed by atoms with Crippen LogP contribution >= 0.6 is 0 Å². The summed E-state index contributed by atoms with van der Waals surface area (Å²) in [6.45, 7) is 3.43. The van der Waals surface area contributed by atoms with Crippen LogP contribution in [0.4, 0.5) is 0 Å². The van der Waals surface area contributed by atoms with E-state index in [4.69, 9.17) is 15.0 Å². The summed E-state index contributed by atoms with van der Waals surface area (Å²) < 4.78 is 10.6. The summed E-state index contributed by atoms with van der Waals surface area (Å²) in [5, 5.41) is 3.40. The van der Waals surface area contributed by atoms with E-state index in [9.17, 15) is 0 Å². The maximum Gasteiger partial charge on any atom is 0.0866 e. The van der Waals surface area contributed by atoms with Crippen molar-refractivity contribution in [1.82, 2.24) is 0 Å². The predicted molar refractivity (Wildman–Crippen MR) is 39.2 cm³/mol. The van der Waals surface area contributed by atoms with Gasteiger partial charge in [-0.3, -0.25) is 0 Å². The number of nitrogens with zero attached hydrogens (tertiary/aromatic N) is 3. The lowest BCUT2D eigenvalue weighted by Gasteiger charge is -2.26. The van der Waals surface area contributed by atoms with Crippen molar-refractivity contribution in [2.45, 2.75) is 19.1 Å². The molecule has 1 fully saturated rings. The third kappa shape index (κ3) is 2.76. The molecular formula is C6H11N3O2. The van der Waals surface area contributed by atoms with Gasteiger partial charge in [-0.25, -0.2) is 0 Å². The molecule has 1 rings (SSSR count). The monoisotopic (exact) mass is 157 g/mol. The molecular weight excluding hydrogens is 146 g/mol. The Bertz CT molecular complexity index is 159. The molecule has 0 radical (unpaired) electrons. The first-order valence-corrected chi connectivity index (χ1v) is 3.57. The second kappa shape index (κ2) is 4.18. The van der Waals surface area contributed by atoms with E-state index in [1.165, 1.54) is 0 Å². The van der Waals surface area contributed by atoms with Crippen molar-refractivity contribution in [1.29, 1.82) is 0 Å². The van der Waals surface area contributed by atoms with Gasteiger partial charge in [0.25, 0.3) is 0 Å². The standard InChI is InChI=1S/C6H11N3O2/c1-5-3-11-6(4-10-5)2-8-9-7/h5-6H,2-4H2,1H3/t5-,6-/m0/s1. The zero-order valence-corrected chi connectivity index (χ0v) is 6.43. The van der Waals surface area contributed by atoms with Gasteiger partial charge in [-0.05, 0) is 12.5 Å². The van der Waals surface area contributed by atoms with Gasteiger partial charge in [0.15, 0.2) is 0 Å². The third-order valence-corrected chi connectivity index (χ3v) is 1.48. The number of hydrogen-bond acceptors (Lipinski definition) is 3. The van der Waals surface area contributed by atoms with Gasteiger partial charge in [0, 0.05) is 4.91 Å². The Morgan fingerprint density at radius 1 is 1.55 bits per heavy atom. The second-order valence-electron chi connectivity index (χ2n) is 2.51. The quantitative estimate of drug-likeness (QED) is 0.342. The first-order chi connectivity index (χ1) is 5.33. The largest absolute Gasteiger partial charge is 0.373 e. The van der Waals surface area contributed by atoms with Crippen LogP contribution in [0.15, 0.2) is 5.11 Å². The zero-order valence-electron chi connectivity index (χ0n) is 6.43. The summed E-state index contributed by atoms with van der Waals surface area (Å²) in [7, 11) is 0.